The summed E-state index contributed by atoms with van der Waals surface area (Å²) >= 11 is 5.89. The van der Waals surface area contributed by atoms with Crippen molar-refractivity contribution in [2.75, 3.05) is 18.5 Å². The highest BCUT2D eigenvalue weighted by molar-refractivity contribution is 6.28. The molecule has 9 nitrogen and oxygen atoms in total. The van der Waals surface area contributed by atoms with E-state index in [-0.39, 0.29) is 23.7 Å². The topological polar surface area (TPSA) is 102 Å². The van der Waals surface area contributed by atoms with Crippen LogP contribution in [0.1, 0.15) is 12.8 Å². The third kappa shape index (κ3) is 3.43. The molecule has 2 aromatic heterocycles. The Hall–Kier alpha value is -2.29. The van der Waals surface area contributed by atoms with Gasteiger partial charge < -0.3 is 10.2 Å². The summed E-state index contributed by atoms with van der Waals surface area (Å²) in [6, 6.07) is 0.318. The predicted octanol–water partition coefficient (Wildman–Crippen LogP) is -0.180. The summed E-state index contributed by atoms with van der Waals surface area (Å²) in [5, 5.41) is 6.86. The number of anilines is 1. The van der Waals surface area contributed by atoms with Crippen LogP contribution in [0.3, 0.4) is 0 Å². The van der Waals surface area contributed by atoms with Gasteiger partial charge >= 0.3 is 0 Å². The Morgan fingerprint density at radius 2 is 2.29 bits per heavy atom. The smallest absolute Gasteiger partial charge is 0.258 e. The van der Waals surface area contributed by atoms with Crippen LogP contribution in [-0.4, -0.2) is 55.3 Å². The maximum Gasteiger partial charge on any atom is 0.258 e. The van der Waals surface area contributed by atoms with E-state index in [2.05, 4.69) is 30.4 Å². The number of hydrogen-bond acceptors (Lipinski definition) is 7. The molecule has 1 fully saturated rings. The van der Waals surface area contributed by atoms with E-state index in [1.54, 1.807) is 11.9 Å². The summed E-state index contributed by atoms with van der Waals surface area (Å²) in [7, 11) is 1.71. The minimum Gasteiger partial charge on any atom is -0.352 e. The van der Waals surface area contributed by atoms with Gasteiger partial charge in [0, 0.05) is 13.1 Å². The molecule has 0 unspecified atom stereocenters. The molecule has 21 heavy (non-hydrogen) atoms. The Morgan fingerprint density at radius 3 is 2.95 bits per heavy atom. The minimum absolute atomic E-state index is 0.0277. The molecular weight excluding hydrogens is 296 g/mol. The normalized spacial score (nSPS) is 14.0. The van der Waals surface area contributed by atoms with Crippen molar-refractivity contribution in [2.24, 2.45) is 0 Å². The first-order chi connectivity index (χ1) is 10.1. The molecule has 0 radical (unpaired) electrons. The van der Waals surface area contributed by atoms with Crippen LogP contribution < -0.4 is 10.2 Å². The summed E-state index contributed by atoms with van der Waals surface area (Å²) < 4.78 is 1.37. The number of hydrogen-bond donors (Lipinski definition) is 1. The van der Waals surface area contributed by atoms with Gasteiger partial charge in [-0.2, -0.15) is 24.7 Å². The van der Waals surface area contributed by atoms with Crippen molar-refractivity contribution in [3.63, 3.8) is 0 Å². The van der Waals surface area contributed by atoms with Crippen LogP contribution in [0.25, 0.3) is 5.95 Å². The average molecular weight is 309 g/mol. The maximum absolute atomic E-state index is 11.8. The lowest BCUT2D eigenvalue weighted by atomic mass is 10.5. The molecule has 0 atom stereocenters. The van der Waals surface area contributed by atoms with E-state index in [0.29, 0.717) is 12.0 Å². The monoisotopic (exact) mass is 308 g/mol. The molecule has 0 bridgehead atoms. The standard InChI is InChI=1S/C11H13ClN8O/c1-19(4-8(21)15-7-2-3-7)10-16-9(12)17-11(18-10)20-6-13-5-14-20/h5-7H,2-4H2,1H3,(H,15,21). The van der Waals surface area contributed by atoms with Crippen LogP contribution >= 0.6 is 11.6 Å². The number of nitrogens with one attached hydrogen (secondary N) is 1. The van der Waals surface area contributed by atoms with Gasteiger partial charge in [-0.25, -0.2) is 4.98 Å². The van der Waals surface area contributed by atoms with Gasteiger partial charge in [-0.1, -0.05) is 0 Å². The fourth-order valence-corrected chi connectivity index (χ4v) is 1.85. The summed E-state index contributed by atoms with van der Waals surface area (Å²) in [5.41, 5.74) is 0. The number of carbonyl (C=O) groups excluding carboxylic acids is 1. The second-order valence-electron chi connectivity index (χ2n) is 4.74. The van der Waals surface area contributed by atoms with Gasteiger partial charge in [-0.05, 0) is 24.4 Å². The van der Waals surface area contributed by atoms with Crippen molar-refractivity contribution < 1.29 is 4.79 Å². The van der Waals surface area contributed by atoms with Crippen molar-refractivity contribution in [1.29, 1.82) is 0 Å². The van der Waals surface area contributed by atoms with E-state index in [4.69, 9.17) is 11.6 Å². The van der Waals surface area contributed by atoms with Gasteiger partial charge in [-0.3, -0.25) is 4.79 Å². The van der Waals surface area contributed by atoms with Gasteiger partial charge in [0.2, 0.25) is 17.1 Å². The van der Waals surface area contributed by atoms with Crippen molar-refractivity contribution >= 4 is 23.5 Å². The molecule has 110 valence electrons. The fourth-order valence-electron chi connectivity index (χ4n) is 1.70. The van der Waals surface area contributed by atoms with Crippen molar-refractivity contribution in [3.05, 3.63) is 17.9 Å². The van der Waals surface area contributed by atoms with E-state index in [9.17, 15) is 4.79 Å². The van der Waals surface area contributed by atoms with Gasteiger partial charge in [0.05, 0.1) is 6.54 Å². The van der Waals surface area contributed by atoms with Gasteiger partial charge in [-0.15, -0.1) is 0 Å². The summed E-state index contributed by atoms with van der Waals surface area (Å²) in [6.07, 6.45) is 4.91. The van der Waals surface area contributed by atoms with Crippen molar-refractivity contribution in [3.8, 4) is 5.95 Å². The maximum atomic E-state index is 11.8. The molecule has 0 spiro atoms. The van der Waals surface area contributed by atoms with Crippen molar-refractivity contribution in [1.82, 2.24) is 35.0 Å². The second-order valence-corrected chi connectivity index (χ2v) is 5.08. The largest absolute Gasteiger partial charge is 0.352 e. The highest BCUT2D eigenvalue weighted by atomic mass is 35.5. The average Bonchev–Trinajstić information content (AvgIpc) is 3.07. The summed E-state index contributed by atoms with van der Waals surface area (Å²) in [4.78, 5) is 29.4. The molecule has 1 N–H and O–H groups in total. The Labute approximate surface area is 125 Å². The van der Waals surface area contributed by atoms with E-state index in [1.165, 1.54) is 17.3 Å². The first-order valence-corrected chi connectivity index (χ1v) is 6.76. The Morgan fingerprint density at radius 1 is 1.48 bits per heavy atom. The van der Waals surface area contributed by atoms with Gasteiger partial charge in [0.25, 0.3) is 5.95 Å². The zero-order chi connectivity index (χ0) is 14.8. The Kier molecular flexibility index (Phi) is 3.65. The molecule has 0 saturated heterocycles. The lowest BCUT2D eigenvalue weighted by Gasteiger charge is -2.16. The third-order valence-corrected chi connectivity index (χ3v) is 3.04. The summed E-state index contributed by atoms with van der Waals surface area (Å²) in [6.45, 7) is 0.146. The van der Waals surface area contributed by atoms with E-state index < -0.39 is 0 Å². The lowest BCUT2D eigenvalue weighted by Crippen LogP contribution is -2.37. The van der Waals surface area contributed by atoms with Crippen LogP contribution in [0.4, 0.5) is 5.95 Å². The molecule has 10 heteroatoms. The van der Waals surface area contributed by atoms with Crippen LogP contribution in [0.15, 0.2) is 12.7 Å². The number of aromatic nitrogens is 6. The number of carbonyl (C=O) groups is 1. The number of rotatable bonds is 5. The Balaban J connectivity index is 1.75. The highest BCUT2D eigenvalue weighted by Crippen LogP contribution is 2.18. The lowest BCUT2D eigenvalue weighted by molar-refractivity contribution is -0.119. The molecule has 0 aromatic carbocycles. The fraction of sp³-hybridized carbons (Fsp3) is 0.455. The zero-order valence-corrected chi connectivity index (χ0v) is 12.0. The number of amides is 1. The quantitative estimate of drug-likeness (QED) is 0.817. The Bertz CT molecular complexity index is 642. The van der Waals surface area contributed by atoms with Crippen LogP contribution in [0.5, 0.6) is 0 Å². The van der Waals surface area contributed by atoms with Gasteiger partial charge in [0.1, 0.15) is 12.7 Å². The molecule has 0 aliphatic heterocycles. The summed E-state index contributed by atoms with van der Waals surface area (Å²) in [5.74, 6) is 0.474. The van der Waals surface area contributed by atoms with Crippen LogP contribution in [0.2, 0.25) is 5.28 Å². The highest BCUT2D eigenvalue weighted by Gasteiger charge is 2.24. The third-order valence-electron chi connectivity index (χ3n) is 2.87. The molecule has 2 heterocycles. The second kappa shape index (κ2) is 5.60. The predicted molar refractivity (Wildman–Crippen MR) is 74.2 cm³/mol. The number of likely N-dealkylation sites (N-methyl/N-ethyl adjacent to an activating group) is 1. The zero-order valence-electron chi connectivity index (χ0n) is 11.3. The van der Waals surface area contributed by atoms with Crippen LogP contribution in [-0.2, 0) is 4.79 Å². The van der Waals surface area contributed by atoms with Gasteiger partial charge in [0.15, 0.2) is 0 Å². The molecule has 1 saturated carbocycles. The van der Waals surface area contributed by atoms with E-state index >= 15 is 0 Å². The van der Waals surface area contributed by atoms with E-state index in [0.717, 1.165) is 12.8 Å². The van der Waals surface area contributed by atoms with E-state index in [1.807, 2.05) is 0 Å². The molecule has 1 aliphatic rings. The SMILES string of the molecule is CN(CC(=O)NC1CC1)c1nc(Cl)nc(-n2cncn2)n1. The molecular formula is C11H13ClN8O. The van der Waals surface area contributed by atoms with Crippen LogP contribution in [0, 0.1) is 0 Å². The molecule has 1 amide bonds. The number of halogens is 1. The van der Waals surface area contributed by atoms with Crippen molar-refractivity contribution in [2.45, 2.75) is 18.9 Å². The first-order valence-electron chi connectivity index (χ1n) is 6.39. The molecule has 3 rings (SSSR count). The number of nitrogens with zero attached hydrogens (tertiary/aromatic N) is 7. The first kappa shape index (κ1) is 13.7. The molecule has 2 aromatic rings. The minimum atomic E-state index is -0.0705. The molecule has 1 aliphatic carbocycles.